The third-order valence-corrected chi connectivity index (χ3v) is 2.86. The van der Waals surface area contributed by atoms with Crippen molar-refractivity contribution >= 4 is 17.1 Å². The van der Waals surface area contributed by atoms with Crippen molar-refractivity contribution in [3.05, 3.63) is 53.6 Å². The Morgan fingerprint density at radius 3 is 2.24 bits per heavy atom. The molecule has 2 nitrogen and oxygen atoms in total. The summed E-state index contributed by atoms with van der Waals surface area (Å²) in [5, 5.41) is 0. The quantitative estimate of drug-likeness (QED) is 0.792. The minimum atomic E-state index is 0.805. The number of hydrogen-bond donors (Lipinski definition) is 1. The molecular weight excluding hydrogens is 208 g/mol. The van der Waals surface area contributed by atoms with E-state index >= 15 is 0 Å². The lowest BCUT2D eigenvalue weighted by molar-refractivity contribution is 1.20. The third-order valence-electron chi connectivity index (χ3n) is 2.86. The molecular formula is C15H18N2. The Morgan fingerprint density at radius 1 is 0.882 bits per heavy atom. The molecule has 0 saturated heterocycles. The van der Waals surface area contributed by atoms with Gasteiger partial charge in [0.1, 0.15) is 0 Å². The molecule has 2 aromatic carbocycles. The van der Waals surface area contributed by atoms with Crippen LogP contribution in [0.3, 0.4) is 0 Å². The van der Waals surface area contributed by atoms with E-state index < -0.39 is 0 Å². The summed E-state index contributed by atoms with van der Waals surface area (Å²) in [4.78, 5) is 2.15. The fraction of sp³-hybridized carbons (Fsp3) is 0.200. The molecule has 0 heterocycles. The number of nitrogen functional groups attached to an aromatic ring is 1. The van der Waals surface area contributed by atoms with Crippen molar-refractivity contribution in [1.82, 2.24) is 0 Å². The number of rotatable bonds is 2. The molecule has 0 aliphatic carbocycles. The number of hydrogen-bond acceptors (Lipinski definition) is 2. The molecule has 2 heteroatoms. The van der Waals surface area contributed by atoms with Crippen molar-refractivity contribution < 1.29 is 0 Å². The zero-order valence-electron chi connectivity index (χ0n) is 10.6. The van der Waals surface area contributed by atoms with Gasteiger partial charge in [0.15, 0.2) is 0 Å². The molecule has 0 unspecified atom stereocenters. The molecule has 88 valence electrons. The first-order chi connectivity index (χ1) is 8.06. The summed E-state index contributed by atoms with van der Waals surface area (Å²) >= 11 is 0. The first kappa shape index (κ1) is 11.5. The second-order valence-electron chi connectivity index (χ2n) is 4.50. The van der Waals surface area contributed by atoms with Crippen molar-refractivity contribution in [2.24, 2.45) is 0 Å². The van der Waals surface area contributed by atoms with E-state index in [-0.39, 0.29) is 0 Å². The van der Waals surface area contributed by atoms with Crippen LogP contribution in [0.2, 0.25) is 0 Å². The molecule has 2 aromatic rings. The molecule has 0 bridgehead atoms. The molecule has 0 aliphatic heterocycles. The lowest BCUT2D eigenvalue weighted by Crippen LogP contribution is -2.10. The van der Waals surface area contributed by atoms with Gasteiger partial charge in [-0.15, -0.1) is 0 Å². The molecule has 2 rings (SSSR count). The van der Waals surface area contributed by atoms with E-state index in [0.717, 1.165) is 11.4 Å². The van der Waals surface area contributed by atoms with Crippen molar-refractivity contribution in [1.29, 1.82) is 0 Å². The van der Waals surface area contributed by atoms with Gasteiger partial charge in [-0.3, -0.25) is 0 Å². The highest BCUT2D eigenvalue weighted by atomic mass is 15.1. The number of nitrogens with zero attached hydrogens (tertiary/aromatic N) is 1. The van der Waals surface area contributed by atoms with Gasteiger partial charge in [-0.25, -0.2) is 0 Å². The first-order valence-electron chi connectivity index (χ1n) is 5.74. The predicted molar refractivity (Wildman–Crippen MR) is 74.8 cm³/mol. The standard InChI is InChI=1S/C15H18N2/c1-11-5-4-6-14(8-11)17(3)15-9-12(2)7-13(16)10-15/h4-10H,16H2,1-3H3. The molecule has 0 aromatic heterocycles. The van der Waals surface area contributed by atoms with Crippen LogP contribution in [-0.4, -0.2) is 7.05 Å². The number of anilines is 3. The lowest BCUT2D eigenvalue weighted by Gasteiger charge is -2.21. The van der Waals surface area contributed by atoms with E-state index in [4.69, 9.17) is 5.73 Å². The molecule has 0 aliphatic rings. The van der Waals surface area contributed by atoms with E-state index in [9.17, 15) is 0 Å². The van der Waals surface area contributed by atoms with Gasteiger partial charge in [0, 0.05) is 24.1 Å². The number of nitrogens with two attached hydrogens (primary N) is 1. The molecule has 17 heavy (non-hydrogen) atoms. The summed E-state index contributed by atoms with van der Waals surface area (Å²) < 4.78 is 0. The second-order valence-corrected chi connectivity index (χ2v) is 4.50. The van der Waals surface area contributed by atoms with Crippen molar-refractivity contribution in [3.8, 4) is 0 Å². The first-order valence-corrected chi connectivity index (χ1v) is 5.74. The lowest BCUT2D eigenvalue weighted by atomic mass is 10.1. The molecule has 0 spiro atoms. The normalized spacial score (nSPS) is 10.3. The Balaban J connectivity index is 2.39. The Kier molecular flexibility index (Phi) is 3.05. The summed E-state index contributed by atoms with van der Waals surface area (Å²) in [6.07, 6.45) is 0. The van der Waals surface area contributed by atoms with E-state index in [2.05, 4.69) is 56.1 Å². The average molecular weight is 226 g/mol. The van der Waals surface area contributed by atoms with Gasteiger partial charge in [0.25, 0.3) is 0 Å². The van der Waals surface area contributed by atoms with Gasteiger partial charge in [-0.1, -0.05) is 12.1 Å². The minimum absolute atomic E-state index is 0.805. The van der Waals surface area contributed by atoms with Crippen LogP contribution in [0.15, 0.2) is 42.5 Å². The van der Waals surface area contributed by atoms with E-state index in [1.165, 1.54) is 16.8 Å². The zero-order chi connectivity index (χ0) is 12.4. The topological polar surface area (TPSA) is 29.3 Å². The van der Waals surface area contributed by atoms with Crippen molar-refractivity contribution in [3.63, 3.8) is 0 Å². The third kappa shape index (κ3) is 2.59. The highest BCUT2D eigenvalue weighted by Crippen LogP contribution is 2.26. The largest absolute Gasteiger partial charge is 0.399 e. The van der Waals surface area contributed by atoms with Gasteiger partial charge >= 0.3 is 0 Å². The number of benzene rings is 2. The van der Waals surface area contributed by atoms with Crippen LogP contribution in [0.4, 0.5) is 17.1 Å². The van der Waals surface area contributed by atoms with Crippen molar-refractivity contribution in [2.45, 2.75) is 13.8 Å². The van der Waals surface area contributed by atoms with Crippen LogP contribution >= 0.6 is 0 Å². The maximum atomic E-state index is 5.88. The van der Waals surface area contributed by atoms with Crippen LogP contribution in [0, 0.1) is 13.8 Å². The summed E-state index contributed by atoms with van der Waals surface area (Å²) in [6.45, 7) is 4.16. The molecule has 0 fully saturated rings. The SMILES string of the molecule is Cc1cccc(N(C)c2cc(C)cc(N)c2)c1. The molecule has 0 amide bonds. The van der Waals surface area contributed by atoms with Crippen molar-refractivity contribution in [2.75, 3.05) is 17.7 Å². The van der Waals surface area contributed by atoms with Crippen LogP contribution in [-0.2, 0) is 0 Å². The smallest absolute Gasteiger partial charge is 0.0431 e. The second kappa shape index (κ2) is 4.50. The van der Waals surface area contributed by atoms with E-state index in [1.807, 2.05) is 12.1 Å². The molecule has 0 saturated carbocycles. The Labute approximate surface area is 103 Å². The van der Waals surface area contributed by atoms with Gasteiger partial charge in [0.05, 0.1) is 0 Å². The number of aryl methyl sites for hydroxylation is 2. The highest BCUT2D eigenvalue weighted by Gasteiger charge is 2.05. The Morgan fingerprint density at radius 2 is 1.59 bits per heavy atom. The minimum Gasteiger partial charge on any atom is -0.399 e. The van der Waals surface area contributed by atoms with E-state index in [0.29, 0.717) is 0 Å². The summed E-state index contributed by atoms with van der Waals surface area (Å²) in [5.74, 6) is 0. The highest BCUT2D eigenvalue weighted by molar-refractivity contribution is 5.67. The summed E-state index contributed by atoms with van der Waals surface area (Å²) in [6, 6.07) is 14.5. The summed E-state index contributed by atoms with van der Waals surface area (Å²) in [5.41, 5.74) is 11.4. The van der Waals surface area contributed by atoms with Crippen LogP contribution in [0.25, 0.3) is 0 Å². The average Bonchev–Trinajstić information content (AvgIpc) is 2.26. The van der Waals surface area contributed by atoms with Gasteiger partial charge in [-0.05, 0) is 55.3 Å². The van der Waals surface area contributed by atoms with Gasteiger partial charge in [0.2, 0.25) is 0 Å². The summed E-state index contributed by atoms with van der Waals surface area (Å²) in [7, 11) is 2.06. The van der Waals surface area contributed by atoms with Gasteiger partial charge in [-0.2, -0.15) is 0 Å². The predicted octanol–water partition coefficient (Wildman–Crippen LogP) is 3.65. The molecule has 0 radical (unpaired) electrons. The zero-order valence-corrected chi connectivity index (χ0v) is 10.6. The monoisotopic (exact) mass is 226 g/mol. The van der Waals surface area contributed by atoms with Gasteiger partial charge < -0.3 is 10.6 Å². The maximum absolute atomic E-state index is 5.88. The Bertz CT molecular complexity index is 512. The molecule has 0 atom stereocenters. The maximum Gasteiger partial charge on any atom is 0.0431 e. The van der Waals surface area contributed by atoms with E-state index in [1.54, 1.807) is 0 Å². The fourth-order valence-corrected chi connectivity index (χ4v) is 1.97. The van der Waals surface area contributed by atoms with Crippen LogP contribution < -0.4 is 10.6 Å². The van der Waals surface area contributed by atoms with Crippen LogP contribution in [0.5, 0.6) is 0 Å². The Hall–Kier alpha value is -1.96. The fourth-order valence-electron chi connectivity index (χ4n) is 1.97. The van der Waals surface area contributed by atoms with Crippen LogP contribution in [0.1, 0.15) is 11.1 Å². The molecule has 2 N–H and O–H groups in total.